The maximum absolute atomic E-state index is 12.5. The summed E-state index contributed by atoms with van der Waals surface area (Å²) < 4.78 is 5.00. The van der Waals surface area contributed by atoms with Gasteiger partial charge < -0.3 is 15.0 Å². The Hall–Kier alpha value is -2.71. The first-order valence-electron chi connectivity index (χ1n) is 9.51. The number of likely N-dealkylation sites (N-methyl/N-ethyl adjacent to an activating group) is 1. The normalized spacial score (nSPS) is 24.6. The Bertz CT molecular complexity index is 703. The summed E-state index contributed by atoms with van der Waals surface area (Å²) in [6, 6.07) is -0.897. The van der Waals surface area contributed by atoms with Crippen LogP contribution < -0.4 is 5.32 Å². The number of nitrogens with one attached hydrogen (secondary N) is 1. The van der Waals surface area contributed by atoms with Gasteiger partial charge in [0.2, 0.25) is 17.7 Å². The number of esters is 1. The average molecular weight is 391 g/mol. The van der Waals surface area contributed by atoms with E-state index in [2.05, 4.69) is 5.32 Å². The lowest BCUT2D eigenvalue weighted by atomic mass is 9.85. The fourth-order valence-electron chi connectivity index (χ4n) is 3.48. The first kappa shape index (κ1) is 20.0. The summed E-state index contributed by atoms with van der Waals surface area (Å²) in [5.74, 6) is -3.22. The predicted molar refractivity (Wildman–Crippen MR) is 96.4 cm³/mol. The highest BCUT2D eigenvalue weighted by atomic mass is 16.5. The van der Waals surface area contributed by atoms with E-state index in [0.717, 1.165) is 17.7 Å². The lowest BCUT2D eigenvalue weighted by molar-refractivity contribution is -0.161. The number of hydrogen-bond acceptors (Lipinski definition) is 6. The summed E-state index contributed by atoms with van der Waals surface area (Å²) in [7, 11) is 1.44. The van der Waals surface area contributed by atoms with E-state index in [9.17, 15) is 24.0 Å². The summed E-state index contributed by atoms with van der Waals surface area (Å²) in [5, 5.41) is 2.77. The van der Waals surface area contributed by atoms with Crippen molar-refractivity contribution < 1.29 is 28.7 Å². The highest BCUT2D eigenvalue weighted by Crippen LogP contribution is 2.36. The van der Waals surface area contributed by atoms with Gasteiger partial charge in [-0.15, -0.1) is 0 Å². The molecule has 9 heteroatoms. The minimum atomic E-state index is -1.10. The summed E-state index contributed by atoms with van der Waals surface area (Å²) in [4.78, 5) is 63.2. The van der Waals surface area contributed by atoms with Crippen molar-refractivity contribution in [3.05, 3.63) is 12.2 Å². The molecule has 0 spiro atoms. The number of ether oxygens (including phenoxy) is 1. The Kier molecular flexibility index (Phi) is 5.81. The molecular formula is C19H25N3O6. The van der Waals surface area contributed by atoms with E-state index in [1.165, 1.54) is 18.9 Å². The van der Waals surface area contributed by atoms with Crippen LogP contribution in [-0.4, -0.2) is 71.7 Å². The molecule has 1 N–H and O–H groups in total. The topological polar surface area (TPSA) is 113 Å². The second-order valence-electron chi connectivity index (χ2n) is 7.58. The highest BCUT2D eigenvalue weighted by molar-refractivity contribution is 6.08. The number of carbonyl (C=O) groups is 5. The van der Waals surface area contributed by atoms with Gasteiger partial charge in [-0.2, -0.15) is 0 Å². The van der Waals surface area contributed by atoms with Crippen molar-refractivity contribution in [2.75, 3.05) is 20.2 Å². The minimum Gasteiger partial charge on any atom is -0.454 e. The number of nitrogens with zero attached hydrogens (tertiary/aromatic N) is 2. The van der Waals surface area contributed by atoms with Crippen LogP contribution >= 0.6 is 0 Å². The van der Waals surface area contributed by atoms with Gasteiger partial charge in [0.1, 0.15) is 6.04 Å². The van der Waals surface area contributed by atoms with E-state index in [1.54, 1.807) is 0 Å². The van der Waals surface area contributed by atoms with E-state index in [4.69, 9.17) is 4.74 Å². The second-order valence-corrected chi connectivity index (χ2v) is 7.58. The molecule has 1 saturated carbocycles. The molecule has 1 saturated heterocycles. The van der Waals surface area contributed by atoms with Gasteiger partial charge in [-0.3, -0.25) is 24.1 Å². The Balaban J connectivity index is 1.48. The monoisotopic (exact) mass is 391 g/mol. The molecule has 2 fully saturated rings. The maximum Gasteiger partial charge on any atom is 0.329 e. The van der Waals surface area contributed by atoms with Crippen LogP contribution in [0.25, 0.3) is 0 Å². The molecule has 1 heterocycles. The Morgan fingerprint density at radius 1 is 1.18 bits per heavy atom. The maximum atomic E-state index is 12.5. The Morgan fingerprint density at radius 3 is 2.29 bits per heavy atom. The first-order valence-corrected chi connectivity index (χ1v) is 9.51. The van der Waals surface area contributed by atoms with Crippen molar-refractivity contribution in [3.8, 4) is 0 Å². The number of hydrogen-bond donors (Lipinski definition) is 1. The molecule has 0 aromatic carbocycles. The van der Waals surface area contributed by atoms with Gasteiger partial charge in [0.25, 0.3) is 5.91 Å². The van der Waals surface area contributed by atoms with Crippen LogP contribution in [-0.2, 0) is 28.7 Å². The second kappa shape index (κ2) is 8.12. The molecule has 152 valence electrons. The van der Waals surface area contributed by atoms with Crippen molar-refractivity contribution in [1.82, 2.24) is 15.1 Å². The van der Waals surface area contributed by atoms with Gasteiger partial charge in [0.15, 0.2) is 6.61 Å². The zero-order valence-corrected chi connectivity index (χ0v) is 16.1. The largest absolute Gasteiger partial charge is 0.454 e. The standard InChI is InChI=1S/C19H25N3O6/c1-11(22-17(25)13-5-3-4-6-14(13)18(22)26)19(27)28-10-16(24)21(2)9-15(23)20-12-7-8-12/h3-4,11-14H,5-10H2,1-2H3,(H,20,23)/t11-,13-,14-/m0/s1. The van der Waals surface area contributed by atoms with E-state index >= 15 is 0 Å². The van der Waals surface area contributed by atoms with E-state index < -0.39 is 36.4 Å². The molecule has 9 nitrogen and oxygen atoms in total. The summed E-state index contributed by atoms with van der Waals surface area (Å²) in [6.45, 7) is 0.739. The van der Waals surface area contributed by atoms with Crippen molar-refractivity contribution >= 4 is 29.6 Å². The van der Waals surface area contributed by atoms with E-state index in [0.29, 0.717) is 12.8 Å². The molecule has 3 aliphatic rings. The van der Waals surface area contributed by atoms with Crippen molar-refractivity contribution in [1.29, 1.82) is 0 Å². The quantitative estimate of drug-likeness (QED) is 0.359. The van der Waals surface area contributed by atoms with Gasteiger partial charge in [0, 0.05) is 13.1 Å². The highest BCUT2D eigenvalue weighted by Gasteiger charge is 2.50. The molecule has 2 aliphatic carbocycles. The molecular weight excluding hydrogens is 366 g/mol. The minimum absolute atomic E-state index is 0.123. The molecule has 1 aliphatic heterocycles. The number of likely N-dealkylation sites (tertiary alicyclic amines) is 1. The number of fused-ring (bicyclic) bond motifs is 1. The average Bonchev–Trinajstić information content (AvgIpc) is 3.44. The molecule has 0 aromatic rings. The van der Waals surface area contributed by atoms with E-state index in [-0.39, 0.29) is 30.3 Å². The third kappa shape index (κ3) is 4.23. The number of imide groups is 1. The predicted octanol–water partition coefficient (Wildman–Crippen LogP) is -0.394. The first-order chi connectivity index (χ1) is 13.3. The van der Waals surface area contributed by atoms with Crippen LogP contribution in [0.2, 0.25) is 0 Å². The zero-order valence-electron chi connectivity index (χ0n) is 16.1. The lowest BCUT2D eigenvalue weighted by Crippen LogP contribution is -2.45. The third-order valence-corrected chi connectivity index (χ3v) is 5.36. The Morgan fingerprint density at radius 2 is 1.75 bits per heavy atom. The van der Waals surface area contributed by atoms with Crippen molar-refractivity contribution in [2.45, 2.75) is 44.7 Å². The van der Waals surface area contributed by atoms with Crippen LogP contribution in [0.4, 0.5) is 0 Å². The van der Waals surface area contributed by atoms with Crippen LogP contribution in [0, 0.1) is 11.8 Å². The number of carbonyl (C=O) groups excluding carboxylic acids is 5. The van der Waals surface area contributed by atoms with Crippen molar-refractivity contribution in [3.63, 3.8) is 0 Å². The van der Waals surface area contributed by atoms with E-state index in [1.807, 2.05) is 12.2 Å². The van der Waals surface area contributed by atoms with Gasteiger partial charge in [-0.05, 0) is 32.6 Å². The molecule has 0 unspecified atom stereocenters. The molecule has 0 bridgehead atoms. The van der Waals surface area contributed by atoms with Gasteiger partial charge in [-0.1, -0.05) is 12.2 Å². The zero-order chi connectivity index (χ0) is 20.4. The summed E-state index contributed by atoms with van der Waals surface area (Å²) in [5.41, 5.74) is 0. The molecule has 4 amide bonds. The SMILES string of the molecule is C[C@@H](C(=O)OCC(=O)N(C)CC(=O)NC1CC1)N1C(=O)[C@H]2CC=CC[C@@H]2C1=O. The number of rotatable bonds is 7. The van der Waals surface area contributed by atoms with Crippen molar-refractivity contribution in [2.24, 2.45) is 11.8 Å². The molecule has 28 heavy (non-hydrogen) atoms. The summed E-state index contributed by atoms with van der Waals surface area (Å²) in [6.07, 6.45) is 6.61. The summed E-state index contributed by atoms with van der Waals surface area (Å²) >= 11 is 0. The molecule has 0 radical (unpaired) electrons. The van der Waals surface area contributed by atoms with Crippen LogP contribution in [0.15, 0.2) is 12.2 Å². The third-order valence-electron chi connectivity index (χ3n) is 5.36. The van der Waals surface area contributed by atoms with Gasteiger partial charge >= 0.3 is 5.97 Å². The molecule has 3 rings (SSSR count). The number of amides is 4. The van der Waals surface area contributed by atoms with Gasteiger partial charge in [-0.25, -0.2) is 4.79 Å². The fraction of sp³-hybridized carbons (Fsp3) is 0.632. The molecule has 0 aromatic heterocycles. The number of allylic oxidation sites excluding steroid dienone is 2. The van der Waals surface area contributed by atoms with Crippen LogP contribution in [0.1, 0.15) is 32.6 Å². The van der Waals surface area contributed by atoms with Crippen LogP contribution in [0.5, 0.6) is 0 Å². The smallest absolute Gasteiger partial charge is 0.329 e. The Labute approximate surface area is 163 Å². The van der Waals surface area contributed by atoms with Crippen LogP contribution in [0.3, 0.4) is 0 Å². The fourth-order valence-corrected chi connectivity index (χ4v) is 3.48. The molecule has 3 atom stereocenters. The lowest BCUT2D eigenvalue weighted by Gasteiger charge is -2.22. The van der Waals surface area contributed by atoms with Gasteiger partial charge in [0.05, 0.1) is 18.4 Å².